The molecule has 0 fully saturated rings. The Kier molecular flexibility index (Phi) is 5.79. The number of anilines is 1. The first-order chi connectivity index (χ1) is 13.2. The number of para-hydroxylation sites is 2. The molecule has 3 rings (SSSR count). The van der Waals surface area contributed by atoms with Crippen LogP contribution in [0.25, 0.3) is 0 Å². The van der Waals surface area contributed by atoms with E-state index < -0.39 is 15.9 Å². The van der Waals surface area contributed by atoms with E-state index in [9.17, 15) is 13.2 Å². The first kappa shape index (κ1) is 20.0. The van der Waals surface area contributed by atoms with Crippen LogP contribution in [-0.2, 0) is 14.8 Å². The predicted molar refractivity (Wildman–Crippen MR) is 107 cm³/mol. The number of sulfonamides is 1. The molecule has 150 valence electrons. The number of nitrogens with zero attached hydrogens (tertiary/aromatic N) is 1. The number of rotatable bonds is 6. The van der Waals surface area contributed by atoms with Gasteiger partial charge in [0.25, 0.3) is 0 Å². The SMILES string of the molecule is Cc1cc(C)cc(N(CC(=O)NC[C@H]2COc3ccccc3O2)S(C)(=O)=O)c1. The van der Waals surface area contributed by atoms with Gasteiger partial charge in [-0.3, -0.25) is 9.10 Å². The molecule has 7 nitrogen and oxygen atoms in total. The van der Waals surface area contributed by atoms with E-state index in [1.165, 1.54) is 0 Å². The Morgan fingerprint density at radius 1 is 1.14 bits per heavy atom. The first-order valence-electron chi connectivity index (χ1n) is 8.93. The van der Waals surface area contributed by atoms with Gasteiger partial charge in [-0.15, -0.1) is 0 Å². The van der Waals surface area contributed by atoms with E-state index in [4.69, 9.17) is 9.47 Å². The largest absolute Gasteiger partial charge is 0.486 e. The molecule has 0 bridgehead atoms. The summed E-state index contributed by atoms with van der Waals surface area (Å²) in [6, 6.07) is 12.8. The molecule has 1 aliphatic heterocycles. The molecule has 0 radical (unpaired) electrons. The Labute approximate surface area is 165 Å². The van der Waals surface area contributed by atoms with Crippen LogP contribution in [0.1, 0.15) is 11.1 Å². The predicted octanol–water partition coefficient (Wildman–Crippen LogP) is 2.03. The van der Waals surface area contributed by atoms with E-state index in [0.717, 1.165) is 21.7 Å². The van der Waals surface area contributed by atoms with Crippen molar-refractivity contribution in [3.63, 3.8) is 0 Å². The third kappa shape index (κ3) is 4.95. The number of hydrogen-bond donors (Lipinski definition) is 1. The molecule has 1 atom stereocenters. The van der Waals surface area contributed by atoms with Gasteiger partial charge in [-0.2, -0.15) is 0 Å². The molecule has 1 amide bonds. The second-order valence-electron chi connectivity index (χ2n) is 6.92. The Morgan fingerprint density at radius 3 is 2.43 bits per heavy atom. The average molecular weight is 404 g/mol. The third-order valence-electron chi connectivity index (χ3n) is 4.28. The zero-order valence-corrected chi connectivity index (χ0v) is 17.0. The van der Waals surface area contributed by atoms with Gasteiger partial charge in [0.15, 0.2) is 11.5 Å². The van der Waals surface area contributed by atoms with Crippen molar-refractivity contribution >= 4 is 21.6 Å². The first-order valence-corrected chi connectivity index (χ1v) is 10.8. The number of hydrogen-bond acceptors (Lipinski definition) is 5. The van der Waals surface area contributed by atoms with Crippen molar-refractivity contribution in [3.8, 4) is 11.5 Å². The minimum atomic E-state index is -3.61. The van der Waals surface area contributed by atoms with Gasteiger partial charge in [0.05, 0.1) is 18.5 Å². The lowest BCUT2D eigenvalue weighted by molar-refractivity contribution is -0.120. The maximum Gasteiger partial charge on any atom is 0.240 e. The molecule has 0 unspecified atom stereocenters. The summed E-state index contributed by atoms with van der Waals surface area (Å²) in [5.74, 6) is 0.885. The summed E-state index contributed by atoms with van der Waals surface area (Å²) in [4.78, 5) is 12.4. The molecule has 0 saturated heterocycles. The van der Waals surface area contributed by atoms with Crippen LogP contribution in [0.3, 0.4) is 0 Å². The van der Waals surface area contributed by atoms with Gasteiger partial charge < -0.3 is 14.8 Å². The van der Waals surface area contributed by atoms with Crippen molar-refractivity contribution in [1.29, 1.82) is 0 Å². The standard InChI is InChI=1S/C20H24N2O5S/c1-14-8-15(2)10-16(9-14)22(28(3,24)25)12-20(23)21-11-17-13-26-18-6-4-5-7-19(18)27-17/h4-10,17H,11-13H2,1-3H3,(H,21,23)/t17-/m0/s1. The van der Waals surface area contributed by atoms with E-state index in [0.29, 0.717) is 23.8 Å². The maximum atomic E-state index is 12.4. The molecular weight excluding hydrogens is 380 g/mol. The number of ether oxygens (including phenoxy) is 2. The summed E-state index contributed by atoms with van der Waals surface area (Å²) in [6.07, 6.45) is 0.749. The van der Waals surface area contributed by atoms with Gasteiger partial charge in [0.2, 0.25) is 15.9 Å². The maximum absolute atomic E-state index is 12.4. The van der Waals surface area contributed by atoms with E-state index >= 15 is 0 Å². The number of benzene rings is 2. The molecular formula is C20H24N2O5S. The minimum absolute atomic E-state index is 0.220. The van der Waals surface area contributed by atoms with E-state index in [-0.39, 0.29) is 19.2 Å². The van der Waals surface area contributed by atoms with Crippen LogP contribution >= 0.6 is 0 Å². The van der Waals surface area contributed by atoms with Crippen molar-refractivity contribution < 1.29 is 22.7 Å². The fourth-order valence-corrected chi connectivity index (χ4v) is 3.91. The lowest BCUT2D eigenvalue weighted by Crippen LogP contribution is -2.45. The second-order valence-corrected chi connectivity index (χ2v) is 8.82. The van der Waals surface area contributed by atoms with E-state index in [1.807, 2.05) is 38.1 Å². The van der Waals surface area contributed by atoms with Crippen LogP contribution in [0.15, 0.2) is 42.5 Å². The zero-order chi connectivity index (χ0) is 20.3. The topological polar surface area (TPSA) is 84.9 Å². The van der Waals surface area contributed by atoms with Gasteiger partial charge in [-0.25, -0.2) is 8.42 Å². The zero-order valence-electron chi connectivity index (χ0n) is 16.1. The third-order valence-corrected chi connectivity index (χ3v) is 5.42. The van der Waals surface area contributed by atoms with Crippen LogP contribution in [0.5, 0.6) is 11.5 Å². The Morgan fingerprint density at radius 2 is 1.79 bits per heavy atom. The molecule has 1 heterocycles. The van der Waals surface area contributed by atoms with E-state index in [2.05, 4.69) is 5.32 Å². The Hall–Kier alpha value is -2.74. The molecule has 2 aromatic carbocycles. The van der Waals surface area contributed by atoms with Gasteiger partial charge >= 0.3 is 0 Å². The lowest BCUT2D eigenvalue weighted by Gasteiger charge is -2.27. The number of nitrogens with one attached hydrogen (secondary N) is 1. The molecule has 0 aromatic heterocycles. The lowest BCUT2D eigenvalue weighted by atomic mass is 10.1. The summed E-state index contributed by atoms with van der Waals surface area (Å²) in [6.45, 7) is 4.00. The summed E-state index contributed by atoms with van der Waals surface area (Å²) < 4.78 is 37.0. The van der Waals surface area contributed by atoms with Gasteiger partial charge in [0.1, 0.15) is 19.3 Å². The number of aryl methyl sites for hydroxylation is 2. The van der Waals surface area contributed by atoms with Crippen LogP contribution in [0.2, 0.25) is 0 Å². The molecule has 8 heteroatoms. The summed E-state index contributed by atoms with van der Waals surface area (Å²) in [7, 11) is -3.61. The van der Waals surface area contributed by atoms with Gasteiger partial charge in [0, 0.05) is 0 Å². The smallest absolute Gasteiger partial charge is 0.240 e. The van der Waals surface area contributed by atoms with Gasteiger partial charge in [-0.1, -0.05) is 18.2 Å². The highest BCUT2D eigenvalue weighted by molar-refractivity contribution is 7.92. The van der Waals surface area contributed by atoms with Crippen LogP contribution in [0.4, 0.5) is 5.69 Å². The number of fused-ring (bicyclic) bond motifs is 1. The molecule has 2 aromatic rings. The highest BCUT2D eigenvalue weighted by Gasteiger charge is 2.24. The fraction of sp³-hybridized carbons (Fsp3) is 0.350. The fourth-order valence-electron chi connectivity index (χ4n) is 3.07. The Bertz CT molecular complexity index is 954. The monoisotopic (exact) mass is 404 g/mol. The summed E-state index contributed by atoms with van der Waals surface area (Å²) >= 11 is 0. The summed E-state index contributed by atoms with van der Waals surface area (Å²) in [5, 5.41) is 2.73. The molecule has 1 aliphatic rings. The normalized spacial score (nSPS) is 15.8. The quantitative estimate of drug-likeness (QED) is 0.796. The highest BCUT2D eigenvalue weighted by atomic mass is 32.2. The molecule has 0 saturated carbocycles. The molecule has 1 N–H and O–H groups in total. The van der Waals surface area contributed by atoms with Crippen LogP contribution in [0, 0.1) is 13.8 Å². The highest BCUT2D eigenvalue weighted by Crippen LogP contribution is 2.30. The van der Waals surface area contributed by atoms with Crippen molar-refractivity contribution in [1.82, 2.24) is 5.32 Å². The number of carbonyl (C=O) groups is 1. The molecule has 0 aliphatic carbocycles. The summed E-state index contributed by atoms with van der Waals surface area (Å²) in [5.41, 5.74) is 2.33. The second kappa shape index (κ2) is 8.10. The minimum Gasteiger partial charge on any atom is -0.486 e. The van der Waals surface area contributed by atoms with Crippen molar-refractivity contribution in [3.05, 3.63) is 53.6 Å². The number of carbonyl (C=O) groups excluding carboxylic acids is 1. The molecule has 0 spiro atoms. The molecule has 28 heavy (non-hydrogen) atoms. The van der Waals surface area contributed by atoms with Crippen LogP contribution in [-0.4, -0.2) is 46.4 Å². The average Bonchev–Trinajstić information content (AvgIpc) is 2.62. The van der Waals surface area contributed by atoms with Gasteiger partial charge in [-0.05, 0) is 49.2 Å². The van der Waals surface area contributed by atoms with Crippen molar-refractivity contribution in [2.45, 2.75) is 20.0 Å². The van der Waals surface area contributed by atoms with Crippen molar-refractivity contribution in [2.24, 2.45) is 0 Å². The van der Waals surface area contributed by atoms with E-state index in [1.54, 1.807) is 18.2 Å². The Balaban J connectivity index is 1.63. The van der Waals surface area contributed by atoms with Crippen molar-refractivity contribution in [2.75, 3.05) is 30.3 Å². The van der Waals surface area contributed by atoms with Crippen LogP contribution < -0.4 is 19.1 Å². The number of amides is 1.